The van der Waals surface area contributed by atoms with E-state index in [-0.39, 0.29) is 5.82 Å². The zero-order valence-electron chi connectivity index (χ0n) is 9.81. The van der Waals surface area contributed by atoms with E-state index in [9.17, 15) is 4.39 Å². The molecule has 0 fully saturated rings. The molecule has 2 rings (SSSR count). The minimum absolute atomic E-state index is 0.268. The molecular weight excluding hydrogens is 272 g/mol. The molecule has 0 unspecified atom stereocenters. The molecular formula is C14H12Cl2FN. The van der Waals surface area contributed by atoms with Crippen LogP contribution in [0.4, 0.5) is 4.39 Å². The zero-order chi connectivity index (χ0) is 13.1. The molecule has 1 N–H and O–H groups in total. The highest BCUT2D eigenvalue weighted by molar-refractivity contribution is 6.42. The molecule has 0 aliphatic rings. The van der Waals surface area contributed by atoms with Crippen LogP contribution in [0, 0.1) is 5.82 Å². The van der Waals surface area contributed by atoms with Crippen LogP contribution in [0.3, 0.4) is 0 Å². The van der Waals surface area contributed by atoms with E-state index >= 15 is 0 Å². The highest BCUT2D eigenvalue weighted by Gasteiger charge is 2.08. The van der Waals surface area contributed by atoms with Crippen molar-refractivity contribution in [3.05, 3.63) is 57.8 Å². The van der Waals surface area contributed by atoms with Gasteiger partial charge in [0.15, 0.2) is 0 Å². The molecule has 1 nitrogen and oxygen atoms in total. The van der Waals surface area contributed by atoms with Gasteiger partial charge >= 0.3 is 0 Å². The number of rotatable bonds is 3. The van der Waals surface area contributed by atoms with Crippen molar-refractivity contribution >= 4 is 23.2 Å². The molecule has 2 aromatic rings. The summed E-state index contributed by atoms with van der Waals surface area (Å²) in [5.74, 6) is -0.268. The van der Waals surface area contributed by atoms with Crippen LogP contribution < -0.4 is 5.32 Å². The molecule has 2 aromatic carbocycles. The smallest absolute Gasteiger partial charge is 0.123 e. The summed E-state index contributed by atoms with van der Waals surface area (Å²) >= 11 is 11.9. The standard InChI is InChI=1S/C14H12Cl2FN/c1-18-8-10-2-4-11(17)7-12(10)9-3-5-13(15)14(16)6-9/h2-7,18H,8H2,1H3. The van der Waals surface area contributed by atoms with Gasteiger partial charge in [-0.05, 0) is 48.0 Å². The molecule has 94 valence electrons. The largest absolute Gasteiger partial charge is 0.316 e. The fraction of sp³-hybridized carbons (Fsp3) is 0.143. The number of nitrogens with one attached hydrogen (secondary N) is 1. The van der Waals surface area contributed by atoms with Crippen molar-refractivity contribution in [2.24, 2.45) is 0 Å². The third-order valence-corrected chi connectivity index (χ3v) is 3.41. The van der Waals surface area contributed by atoms with Crippen LogP contribution in [0.1, 0.15) is 5.56 Å². The van der Waals surface area contributed by atoms with E-state index in [1.54, 1.807) is 18.2 Å². The van der Waals surface area contributed by atoms with Crippen molar-refractivity contribution in [3.63, 3.8) is 0 Å². The Kier molecular flexibility index (Phi) is 4.23. The van der Waals surface area contributed by atoms with Crippen LogP contribution in [0.5, 0.6) is 0 Å². The molecule has 0 aromatic heterocycles. The molecule has 0 saturated carbocycles. The monoisotopic (exact) mass is 283 g/mol. The Morgan fingerprint density at radius 2 is 1.83 bits per heavy atom. The lowest BCUT2D eigenvalue weighted by atomic mass is 9.99. The number of halogens is 3. The summed E-state index contributed by atoms with van der Waals surface area (Å²) in [6, 6.07) is 10.0. The van der Waals surface area contributed by atoms with E-state index in [1.165, 1.54) is 12.1 Å². The Labute approximate surface area is 116 Å². The van der Waals surface area contributed by atoms with Gasteiger partial charge in [-0.1, -0.05) is 35.3 Å². The normalized spacial score (nSPS) is 10.7. The van der Waals surface area contributed by atoms with Crippen LogP contribution in [-0.2, 0) is 6.54 Å². The Morgan fingerprint density at radius 1 is 1.06 bits per heavy atom. The van der Waals surface area contributed by atoms with Crippen molar-refractivity contribution in [2.45, 2.75) is 6.54 Å². The summed E-state index contributed by atoms with van der Waals surface area (Å²) in [5.41, 5.74) is 2.69. The van der Waals surface area contributed by atoms with E-state index < -0.39 is 0 Å². The average Bonchev–Trinajstić information content (AvgIpc) is 2.35. The lowest BCUT2D eigenvalue weighted by Crippen LogP contribution is -2.06. The van der Waals surface area contributed by atoms with Gasteiger partial charge < -0.3 is 5.32 Å². The van der Waals surface area contributed by atoms with Gasteiger partial charge in [0.2, 0.25) is 0 Å². The van der Waals surface area contributed by atoms with Crippen molar-refractivity contribution in [2.75, 3.05) is 7.05 Å². The van der Waals surface area contributed by atoms with Crippen LogP contribution in [0.25, 0.3) is 11.1 Å². The summed E-state index contributed by atoms with van der Waals surface area (Å²) in [7, 11) is 1.85. The van der Waals surface area contributed by atoms with E-state index in [4.69, 9.17) is 23.2 Å². The molecule has 0 amide bonds. The first kappa shape index (κ1) is 13.3. The quantitative estimate of drug-likeness (QED) is 0.873. The van der Waals surface area contributed by atoms with E-state index in [1.807, 2.05) is 13.1 Å². The first-order chi connectivity index (χ1) is 8.61. The Balaban J connectivity index is 2.54. The number of hydrogen-bond donors (Lipinski definition) is 1. The summed E-state index contributed by atoms with van der Waals surface area (Å²) < 4.78 is 13.4. The first-order valence-electron chi connectivity index (χ1n) is 5.50. The molecule has 0 bridgehead atoms. The fourth-order valence-corrected chi connectivity index (χ4v) is 2.12. The van der Waals surface area contributed by atoms with E-state index in [0.29, 0.717) is 16.6 Å². The maximum Gasteiger partial charge on any atom is 0.123 e. The van der Waals surface area contributed by atoms with Crippen LogP contribution in [0.15, 0.2) is 36.4 Å². The van der Waals surface area contributed by atoms with Crippen molar-refractivity contribution in [1.29, 1.82) is 0 Å². The molecule has 0 radical (unpaired) electrons. The number of benzene rings is 2. The van der Waals surface area contributed by atoms with Gasteiger partial charge in [0.05, 0.1) is 10.0 Å². The maximum absolute atomic E-state index is 13.4. The van der Waals surface area contributed by atoms with Gasteiger partial charge in [0.1, 0.15) is 5.82 Å². The van der Waals surface area contributed by atoms with Crippen molar-refractivity contribution in [3.8, 4) is 11.1 Å². The third-order valence-electron chi connectivity index (χ3n) is 2.67. The lowest BCUT2D eigenvalue weighted by molar-refractivity contribution is 0.627. The van der Waals surface area contributed by atoms with Crippen molar-refractivity contribution in [1.82, 2.24) is 5.32 Å². The third kappa shape index (κ3) is 2.83. The summed E-state index contributed by atoms with van der Waals surface area (Å²) in [6.07, 6.45) is 0. The number of hydrogen-bond acceptors (Lipinski definition) is 1. The Bertz CT molecular complexity index is 570. The van der Waals surface area contributed by atoms with E-state index in [2.05, 4.69) is 5.32 Å². The fourth-order valence-electron chi connectivity index (χ4n) is 1.83. The molecule has 0 aliphatic carbocycles. The van der Waals surface area contributed by atoms with Gasteiger partial charge in [0, 0.05) is 6.54 Å². The molecule has 0 aliphatic heterocycles. The molecule has 0 spiro atoms. The van der Waals surface area contributed by atoms with Gasteiger partial charge in [0.25, 0.3) is 0 Å². The average molecular weight is 284 g/mol. The molecule has 0 heterocycles. The second-order valence-electron chi connectivity index (χ2n) is 3.96. The predicted octanol–water partition coefficient (Wildman–Crippen LogP) is 4.52. The van der Waals surface area contributed by atoms with Gasteiger partial charge in [-0.15, -0.1) is 0 Å². The Hall–Kier alpha value is -1.09. The van der Waals surface area contributed by atoms with Crippen LogP contribution in [0.2, 0.25) is 10.0 Å². The van der Waals surface area contributed by atoms with E-state index in [0.717, 1.165) is 16.7 Å². The summed E-state index contributed by atoms with van der Waals surface area (Å²) in [6.45, 7) is 0.663. The Morgan fingerprint density at radius 3 is 2.50 bits per heavy atom. The predicted molar refractivity (Wildman–Crippen MR) is 74.6 cm³/mol. The van der Waals surface area contributed by atoms with Gasteiger partial charge in [-0.3, -0.25) is 0 Å². The van der Waals surface area contributed by atoms with Crippen molar-refractivity contribution < 1.29 is 4.39 Å². The first-order valence-corrected chi connectivity index (χ1v) is 6.26. The van der Waals surface area contributed by atoms with Crippen LogP contribution in [-0.4, -0.2) is 7.05 Å². The van der Waals surface area contributed by atoms with Crippen LogP contribution >= 0.6 is 23.2 Å². The minimum atomic E-state index is -0.268. The van der Waals surface area contributed by atoms with Gasteiger partial charge in [-0.25, -0.2) is 4.39 Å². The zero-order valence-corrected chi connectivity index (χ0v) is 11.3. The molecule has 4 heteroatoms. The topological polar surface area (TPSA) is 12.0 Å². The summed E-state index contributed by atoms with van der Waals surface area (Å²) in [4.78, 5) is 0. The highest BCUT2D eigenvalue weighted by Crippen LogP contribution is 2.30. The lowest BCUT2D eigenvalue weighted by Gasteiger charge is -2.10. The minimum Gasteiger partial charge on any atom is -0.316 e. The molecule has 18 heavy (non-hydrogen) atoms. The second kappa shape index (κ2) is 5.70. The van der Waals surface area contributed by atoms with Gasteiger partial charge in [-0.2, -0.15) is 0 Å². The molecule has 0 saturated heterocycles. The maximum atomic E-state index is 13.4. The second-order valence-corrected chi connectivity index (χ2v) is 4.78. The highest BCUT2D eigenvalue weighted by atomic mass is 35.5. The summed E-state index contributed by atoms with van der Waals surface area (Å²) in [5, 5.41) is 4.02. The SMILES string of the molecule is CNCc1ccc(F)cc1-c1ccc(Cl)c(Cl)c1. The molecule has 0 atom stereocenters.